The number of hydrazine groups is 1. The van der Waals surface area contributed by atoms with Crippen molar-refractivity contribution in [2.45, 2.75) is 0 Å². The lowest BCUT2D eigenvalue weighted by Crippen LogP contribution is -2.30. The molecule has 0 aliphatic carbocycles. The van der Waals surface area contributed by atoms with E-state index in [1.54, 1.807) is 11.3 Å². The summed E-state index contributed by atoms with van der Waals surface area (Å²) >= 11 is 0. The van der Waals surface area contributed by atoms with Gasteiger partial charge in [-0.1, -0.05) is 24.3 Å². The molecule has 2 N–H and O–H groups in total. The maximum atomic E-state index is 5.79. The highest BCUT2D eigenvalue weighted by molar-refractivity contribution is 6.08. The van der Waals surface area contributed by atoms with Gasteiger partial charge in [0, 0.05) is 5.39 Å². The Balaban J connectivity index is 2.52. The minimum atomic E-state index is 0.986. The van der Waals surface area contributed by atoms with E-state index in [2.05, 4.69) is 17.1 Å². The fraction of sp³-hybridized carbons (Fsp3) is 0. The van der Waals surface area contributed by atoms with E-state index in [0.717, 1.165) is 16.8 Å². The van der Waals surface area contributed by atoms with Gasteiger partial charge in [0.1, 0.15) is 6.34 Å². The first-order valence-electron chi connectivity index (χ1n) is 4.46. The maximum absolute atomic E-state index is 5.79. The van der Waals surface area contributed by atoms with E-state index in [9.17, 15) is 0 Å². The van der Waals surface area contributed by atoms with Crippen LogP contribution in [0.2, 0.25) is 0 Å². The van der Waals surface area contributed by atoms with Crippen molar-refractivity contribution in [3.05, 3.63) is 36.4 Å². The second-order valence-electron chi connectivity index (χ2n) is 3.30. The van der Waals surface area contributed by atoms with E-state index < -0.39 is 0 Å². The zero-order valence-corrected chi connectivity index (χ0v) is 7.51. The molecule has 0 bridgehead atoms. The summed E-state index contributed by atoms with van der Waals surface area (Å²) in [6.07, 6.45) is 1.64. The zero-order chi connectivity index (χ0) is 9.54. The fourth-order valence-electron chi connectivity index (χ4n) is 1.81. The highest BCUT2D eigenvalue weighted by atomic mass is 15.4. The third-order valence-corrected chi connectivity index (χ3v) is 2.46. The highest BCUT2D eigenvalue weighted by Gasteiger charge is 2.12. The maximum Gasteiger partial charge on any atom is 0.110 e. The summed E-state index contributed by atoms with van der Waals surface area (Å²) in [4.78, 5) is 4.27. The van der Waals surface area contributed by atoms with Crippen LogP contribution in [-0.4, -0.2) is 6.34 Å². The number of nitrogens with zero attached hydrogens (tertiary/aromatic N) is 2. The van der Waals surface area contributed by atoms with Crippen LogP contribution in [-0.2, 0) is 0 Å². The van der Waals surface area contributed by atoms with Gasteiger partial charge in [-0.2, -0.15) is 0 Å². The molecule has 3 heteroatoms. The van der Waals surface area contributed by atoms with Crippen molar-refractivity contribution in [3.8, 4) is 0 Å². The van der Waals surface area contributed by atoms with E-state index in [4.69, 9.17) is 5.84 Å². The Morgan fingerprint density at radius 3 is 2.71 bits per heavy atom. The van der Waals surface area contributed by atoms with Crippen LogP contribution in [0.5, 0.6) is 0 Å². The fourth-order valence-corrected chi connectivity index (χ4v) is 1.81. The lowest BCUT2D eigenvalue weighted by molar-refractivity contribution is 1.15. The third kappa shape index (κ3) is 0.871. The molecule has 1 heterocycles. The van der Waals surface area contributed by atoms with Gasteiger partial charge in [-0.15, -0.1) is 0 Å². The molecule has 0 aromatic heterocycles. The van der Waals surface area contributed by atoms with Crippen LogP contribution in [0.25, 0.3) is 10.8 Å². The number of hydrogen-bond acceptors (Lipinski definition) is 3. The molecule has 14 heavy (non-hydrogen) atoms. The van der Waals surface area contributed by atoms with Crippen LogP contribution in [0, 0.1) is 0 Å². The van der Waals surface area contributed by atoms with E-state index in [1.807, 2.05) is 24.3 Å². The monoisotopic (exact) mass is 183 g/mol. The summed E-state index contributed by atoms with van der Waals surface area (Å²) in [5, 5.41) is 3.85. The predicted molar refractivity (Wildman–Crippen MR) is 58.8 cm³/mol. The Morgan fingerprint density at radius 1 is 1.07 bits per heavy atom. The van der Waals surface area contributed by atoms with Crippen LogP contribution in [0.1, 0.15) is 0 Å². The molecule has 0 atom stereocenters. The van der Waals surface area contributed by atoms with Gasteiger partial charge in [0.05, 0.1) is 11.4 Å². The lowest BCUT2D eigenvalue weighted by atomic mass is 10.1. The van der Waals surface area contributed by atoms with E-state index >= 15 is 0 Å². The first-order valence-corrected chi connectivity index (χ1v) is 4.46. The van der Waals surface area contributed by atoms with Crippen molar-refractivity contribution in [1.29, 1.82) is 0 Å². The molecule has 0 saturated carbocycles. The standard InChI is InChI=1S/C11H9N3/c12-14-7-13-9-5-1-3-8-4-2-6-10(14)11(8)9/h1-7H,12H2. The molecule has 0 fully saturated rings. The number of anilines is 1. The van der Waals surface area contributed by atoms with Gasteiger partial charge >= 0.3 is 0 Å². The number of aliphatic imine (C=N–C) groups is 1. The molecule has 0 amide bonds. The second-order valence-corrected chi connectivity index (χ2v) is 3.30. The largest absolute Gasteiger partial charge is 0.268 e. The van der Waals surface area contributed by atoms with Crippen molar-refractivity contribution in [3.63, 3.8) is 0 Å². The molecular weight excluding hydrogens is 174 g/mol. The first-order chi connectivity index (χ1) is 6.86. The summed E-state index contributed by atoms with van der Waals surface area (Å²) in [5.41, 5.74) is 1.99. The van der Waals surface area contributed by atoms with Gasteiger partial charge in [-0.3, -0.25) is 5.01 Å². The number of benzene rings is 2. The summed E-state index contributed by atoms with van der Waals surface area (Å²) in [5.74, 6) is 5.79. The summed E-state index contributed by atoms with van der Waals surface area (Å²) in [6, 6.07) is 12.1. The molecule has 0 radical (unpaired) electrons. The summed E-state index contributed by atoms with van der Waals surface area (Å²) in [6.45, 7) is 0. The Kier molecular flexibility index (Phi) is 1.38. The molecule has 2 aromatic carbocycles. The van der Waals surface area contributed by atoms with Crippen molar-refractivity contribution in [1.82, 2.24) is 0 Å². The predicted octanol–water partition coefficient (Wildman–Crippen LogP) is 2.19. The quantitative estimate of drug-likeness (QED) is 0.636. The molecule has 1 aliphatic rings. The lowest BCUT2D eigenvalue weighted by Gasteiger charge is -2.20. The molecule has 2 aromatic rings. The van der Waals surface area contributed by atoms with Crippen LogP contribution in [0.4, 0.5) is 11.4 Å². The van der Waals surface area contributed by atoms with Crippen LogP contribution < -0.4 is 10.9 Å². The second kappa shape index (κ2) is 2.56. The molecule has 68 valence electrons. The highest BCUT2D eigenvalue weighted by Crippen LogP contribution is 2.35. The molecule has 3 nitrogen and oxygen atoms in total. The van der Waals surface area contributed by atoms with E-state index in [1.165, 1.54) is 5.39 Å². The van der Waals surface area contributed by atoms with Crippen molar-refractivity contribution >= 4 is 28.5 Å². The van der Waals surface area contributed by atoms with Crippen molar-refractivity contribution in [2.24, 2.45) is 10.8 Å². The van der Waals surface area contributed by atoms with Crippen LogP contribution in [0.15, 0.2) is 41.4 Å². The van der Waals surface area contributed by atoms with Crippen molar-refractivity contribution < 1.29 is 0 Å². The average molecular weight is 183 g/mol. The van der Waals surface area contributed by atoms with Gasteiger partial charge in [0.15, 0.2) is 0 Å². The normalized spacial score (nSPS) is 13.6. The Bertz CT molecular complexity index is 526. The molecule has 1 aliphatic heterocycles. The summed E-state index contributed by atoms with van der Waals surface area (Å²) in [7, 11) is 0. The minimum absolute atomic E-state index is 0.986. The van der Waals surface area contributed by atoms with Gasteiger partial charge < -0.3 is 0 Å². The Morgan fingerprint density at radius 2 is 1.86 bits per heavy atom. The Labute approximate surface area is 81.4 Å². The topological polar surface area (TPSA) is 41.6 Å². The van der Waals surface area contributed by atoms with E-state index in [0.29, 0.717) is 0 Å². The molecule has 0 spiro atoms. The van der Waals surface area contributed by atoms with E-state index in [-0.39, 0.29) is 0 Å². The summed E-state index contributed by atoms with van der Waals surface area (Å²) < 4.78 is 0. The smallest absolute Gasteiger partial charge is 0.110 e. The van der Waals surface area contributed by atoms with Crippen LogP contribution in [0.3, 0.4) is 0 Å². The van der Waals surface area contributed by atoms with Crippen molar-refractivity contribution in [2.75, 3.05) is 5.01 Å². The number of nitrogens with two attached hydrogens (primary N) is 1. The SMILES string of the molecule is NN1C=Nc2cccc3cccc1c23. The third-order valence-electron chi connectivity index (χ3n) is 2.46. The molecule has 0 unspecified atom stereocenters. The van der Waals surface area contributed by atoms with Crippen LogP contribution >= 0.6 is 0 Å². The Hall–Kier alpha value is -1.87. The molecular formula is C11H9N3. The zero-order valence-electron chi connectivity index (χ0n) is 7.51. The van der Waals surface area contributed by atoms with Gasteiger partial charge in [0.2, 0.25) is 0 Å². The minimum Gasteiger partial charge on any atom is -0.268 e. The van der Waals surface area contributed by atoms with Gasteiger partial charge in [0.25, 0.3) is 0 Å². The number of hydrogen-bond donors (Lipinski definition) is 1. The first kappa shape index (κ1) is 7.53. The average Bonchev–Trinajstić information content (AvgIpc) is 2.24. The number of rotatable bonds is 0. The van der Waals surface area contributed by atoms with Gasteiger partial charge in [-0.05, 0) is 17.5 Å². The molecule has 3 rings (SSSR count). The molecule has 0 saturated heterocycles. The van der Waals surface area contributed by atoms with Gasteiger partial charge in [-0.25, -0.2) is 10.8 Å².